The molecular weight excluding hydrogens is 377 g/mol. The molecule has 80 valence electrons. The van der Waals surface area contributed by atoms with Gasteiger partial charge in [0.2, 0.25) is 0 Å². The monoisotopic (exact) mass is 385 g/mol. The Morgan fingerprint density at radius 2 is 1.69 bits per heavy atom. The van der Waals surface area contributed by atoms with Crippen molar-refractivity contribution in [2.45, 2.75) is 0 Å². The Hall–Kier alpha value is -0.680. The summed E-state index contributed by atoms with van der Waals surface area (Å²) < 4.78 is 2.24. The maximum atomic E-state index is 4.46. The Kier molecular flexibility index (Phi) is 4.12. The molecular formula is C13H9BrIN. The Morgan fingerprint density at radius 3 is 2.38 bits per heavy atom. The predicted octanol–water partition coefficient (Wildman–Crippen LogP) is 4.80. The van der Waals surface area contributed by atoms with Gasteiger partial charge < -0.3 is 0 Å². The van der Waals surface area contributed by atoms with Gasteiger partial charge in [-0.1, -0.05) is 40.2 Å². The van der Waals surface area contributed by atoms with Crippen LogP contribution >= 0.6 is 38.5 Å². The lowest BCUT2D eigenvalue weighted by Crippen LogP contribution is -1.80. The first-order valence-corrected chi connectivity index (χ1v) is 6.67. The van der Waals surface area contributed by atoms with Gasteiger partial charge in [-0.05, 0) is 52.4 Å². The Labute approximate surface area is 117 Å². The van der Waals surface area contributed by atoms with E-state index < -0.39 is 0 Å². The van der Waals surface area contributed by atoms with E-state index in [4.69, 9.17) is 0 Å². The zero-order valence-electron chi connectivity index (χ0n) is 8.40. The molecule has 0 atom stereocenters. The van der Waals surface area contributed by atoms with Crippen molar-refractivity contribution in [1.82, 2.24) is 0 Å². The van der Waals surface area contributed by atoms with Crippen molar-refractivity contribution in [3.63, 3.8) is 0 Å². The Morgan fingerprint density at radius 1 is 1.00 bits per heavy atom. The van der Waals surface area contributed by atoms with Crippen molar-refractivity contribution in [3.8, 4) is 0 Å². The predicted molar refractivity (Wildman–Crippen MR) is 80.6 cm³/mol. The minimum atomic E-state index is 1.01. The molecule has 0 bridgehead atoms. The molecule has 1 nitrogen and oxygen atoms in total. The maximum absolute atomic E-state index is 4.46. The number of nitrogens with zero attached hydrogens (tertiary/aromatic N) is 1. The molecule has 16 heavy (non-hydrogen) atoms. The number of rotatable bonds is 2. The maximum Gasteiger partial charge on any atom is 0.0763 e. The molecule has 0 amide bonds. The molecule has 0 fully saturated rings. The molecule has 0 aliphatic heterocycles. The van der Waals surface area contributed by atoms with E-state index in [1.807, 2.05) is 48.7 Å². The second-order valence-electron chi connectivity index (χ2n) is 3.26. The first-order chi connectivity index (χ1) is 7.75. The third kappa shape index (κ3) is 3.15. The molecule has 2 aromatic carbocycles. The molecule has 0 unspecified atom stereocenters. The van der Waals surface area contributed by atoms with Gasteiger partial charge in [0.05, 0.1) is 5.69 Å². The van der Waals surface area contributed by atoms with Crippen LogP contribution in [0.3, 0.4) is 0 Å². The third-order valence-corrected chi connectivity index (χ3v) is 3.52. The zero-order valence-corrected chi connectivity index (χ0v) is 12.1. The lowest BCUT2D eigenvalue weighted by Gasteiger charge is -1.97. The topological polar surface area (TPSA) is 12.4 Å². The van der Waals surface area contributed by atoms with Gasteiger partial charge in [0.1, 0.15) is 0 Å². The van der Waals surface area contributed by atoms with Crippen molar-refractivity contribution < 1.29 is 0 Å². The van der Waals surface area contributed by atoms with E-state index in [1.54, 1.807) is 0 Å². The average molecular weight is 386 g/mol. The van der Waals surface area contributed by atoms with Crippen LogP contribution in [0.1, 0.15) is 5.56 Å². The lowest BCUT2D eigenvalue weighted by atomic mass is 10.2. The fourth-order valence-corrected chi connectivity index (χ4v) is 2.04. The van der Waals surface area contributed by atoms with Crippen LogP contribution in [-0.2, 0) is 0 Å². The summed E-state index contributed by atoms with van der Waals surface area (Å²) in [5, 5.41) is 0. The molecule has 0 aliphatic rings. The van der Waals surface area contributed by atoms with E-state index in [1.165, 1.54) is 0 Å². The van der Waals surface area contributed by atoms with Gasteiger partial charge in [0.15, 0.2) is 0 Å². The highest BCUT2D eigenvalue weighted by Gasteiger charge is 1.94. The minimum absolute atomic E-state index is 1.01. The fourth-order valence-electron chi connectivity index (χ4n) is 1.25. The average Bonchev–Trinajstić information content (AvgIpc) is 2.30. The van der Waals surface area contributed by atoms with Gasteiger partial charge in [-0.3, -0.25) is 4.99 Å². The minimum Gasteiger partial charge on any atom is -0.255 e. The molecule has 2 rings (SSSR count). The number of hydrogen-bond acceptors (Lipinski definition) is 1. The van der Waals surface area contributed by atoms with E-state index in [-0.39, 0.29) is 0 Å². The zero-order chi connectivity index (χ0) is 11.4. The molecule has 0 radical (unpaired) electrons. The van der Waals surface area contributed by atoms with Gasteiger partial charge >= 0.3 is 0 Å². The van der Waals surface area contributed by atoms with Crippen LogP contribution in [0.4, 0.5) is 5.69 Å². The molecule has 0 heterocycles. The van der Waals surface area contributed by atoms with Crippen LogP contribution in [-0.4, -0.2) is 6.21 Å². The largest absolute Gasteiger partial charge is 0.255 e. The first-order valence-electron chi connectivity index (χ1n) is 4.80. The van der Waals surface area contributed by atoms with Crippen molar-refractivity contribution in [2.24, 2.45) is 4.99 Å². The summed E-state index contributed by atoms with van der Waals surface area (Å²) in [4.78, 5) is 4.46. The van der Waals surface area contributed by atoms with Gasteiger partial charge in [-0.15, -0.1) is 0 Å². The van der Waals surface area contributed by atoms with Crippen molar-refractivity contribution >= 4 is 50.4 Å². The van der Waals surface area contributed by atoms with E-state index in [2.05, 4.69) is 49.6 Å². The third-order valence-electron chi connectivity index (χ3n) is 2.08. The van der Waals surface area contributed by atoms with E-state index in [9.17, 15) is 0 Å². The van der Waals surface area contributed by atoms with Crippen LogP contribution in [0, 0.1) is 3.57 Å². The van der Waals surface area contributed by atoms with Gasteiger partial charge in [0, 0.05) is 14.3 Å². The van der Waals surface area contributed by atoms with Gasteiger partial charge in [0.25, 0.3) is 0 Å². The summed E-state index contributed by atoms with van der Waals surface area (Å²) in [5.41, 5.74) is 2.11. The summed E-state index contributed by atoms with van der Waals surface area (Å²) in [5.74, 6) is 0. The van der Waals surface area contributed by atoms with Crippen LogP contribution in [0.15, 0.2) is 58.0 Å². The first kappa shape index (κ1) is 11.8. The van der Waals surface area contributed by atoms with Gasteiger partial charge in [-0.2, -0.15) is 0 Å². The van der Waals surface area contributed by atoms with Crippen LogP contribution in [0.25, 0.3) is 0 Å². The highest BCUT2D eigenvalue weighted by atomic mass is 127. The fraction of sp³-hybridized carbons (Fsp3) is 0. The molecule has 0 saturated heterocycles. The van der Waals surface area contributed by atoms with Crippen molar-refractivity contribution in [3.05, 3.63) is 62.1 Å². The SMILES string of the molecule is Brc1ccc(C=Nc2ccccc2I)cc1. The number of aliphatic imine (C=N–C) groups is 1. The molecule has 0 aromatic heterocycles. The van der Waals surface area contributed by atoms with Crippen LogP contribution in [0.5, 0.6) is 0 Å². The Bertz CT molecular complexity index is 506. The number of benzene rings is 2. The summed E-state index contributed by atoms with van der Waals surface area (Å²) in [6, 6.07) is 16.2. The number of hydrogen-bond donors (Lipinski definition) is 0. The second kappa shape index (κ2) is 5.59. The number of halogens is 2. The lowest BCUT2D eigenvalue weighted by molar-refractivity contribution is 1.49. The van der Waals surface area contributed by atoms with Gasteiger partial charge in [-0.25, -0.2) is 0 Å². The van der Waals surface area contributed by atoms with Crippen LogP contribution < -0.4 is 0 Å². The van der Waals surface area contributed by atoms with Crippen molar-refractivity contribution in [2.75, 3.05) is 0 Å². The quantitative estimate of drug-likeness (QED) is 0.520. The Balaban J connectivity index is 2.21. The molecule has 0 spiro atoms. The molecule has 2 aromatic rings. The summed E-state index contributed by atoms with van der Waals surface area (Å²) >= 11 is 5.69. The summed E-state index contributed by atoms with van der Waals surface area (Å²) in [7, 11) is 0. The molecule has 3 heteroatoms. The summed E-state index contributed by atoms with van der Waals surface area (Å²) in [6.07, 6.45) is 1.88. The van der Waals surface area contributed by atoms with E-state index in [0.717, 1.165) is 19.3 Å². The molecule has 0 aliphatic carbocycles. The summed E-state index contributed by atoms with van der Waals surface area (Å²) in [6.45, 7) is 0. The highest BCUT2D eigenvalue weighted by Crippen LogP contribution is 2.20. The van der Waals surface area contributed by atoms with E-state index >= 15 is 0 Å². The second-order valence-corrected chi connectivity index (χ2v) is 5.34. The normalized spacial score (nSPS) is 10.9. The number of para-hydroxylation sites is 1. The molecule has 0 N–H and O–H groups in total. The van der Waals surface area contributed by atoms with Crippen molar-refractivity contribution in [1.29, 1.82) is 0 Å². The van der Waals surface area contributed by atoms with Crippen LogP contribution in [0.2, 0.25) is 0 Å². The molecule has 0 saturated carbocycles. The standard InChI is InChI=1S/C13H9BrIN/c14-11-7-5-10(6-8-11)9-16-13-4-2-1-3-12(13)15/h1-9H. The smallest absolute Gasteiger partial charge is 0.0763 e. The highest BCUT2D eigenvalue weighted by molar-refractivity contribution is 14.1. The van der Waals surface area contributed by atoms with E-state index in [0.29, 0.717) is 0 Å².